The van der Waals surface area contributed by atoms with Crippen molar-refractivity contribution in [1.29, 1.82) is 0 Å². The first-order chi connectivity index (χ1) is 17.0. The van der Waals surface area contributed by atoms with Gasteiger partial charge in [0, 0.05) is 28.9 Å². The number of aryl methyl sites for hydroxylation is 1. The number of nitrogens with one attached hydrogen (secondary N) is 1. The average Bonchev–Trinajstić information content (AvgIpc) is 3.48. The minimum absolute atomic E-state index is 0.0878. The number of benzene rings is 2. The molecule has 0 saturated heterocycles. The summed E-state index contributed by atoms with van der Waals surface area (Å²) >= 11 is 0. The van der Waals surface area contributed by atoms with Crippen molar-refractivity contribution in [2.75, 3.05) is 12.1 Å². The average molecular weight is 469 g/mol. The summed E-state index contributed by atoms with van der Waals surface area (Å²) in [5.41, 5.74) is 10.5. The van der Waals surface area contributed by atoms with Crippen LogP contribution in [-0.2, 0) is 12.8 Å². The highest BCUT2D eigenvalue weighted by atomic mass is 16.7. The smallest absolute Gasteiger partial charge is 0.274 e. The number of carbonyl (C=O) groups excluding carboxylic acids is 2. The van der Waals surface area contributed by atoms with Gasteiger partial charge in [-0.2, -0.15) is 5.10 Å². The lowest BCUT2D eigenvalue weighted by molar-refractivity contribution is 0.0991. The summed E-state index contributed by atoms with van der Waals surface area (Å²) in [5.74, 6) is -0.0826. The van der Waals surface area contributed by atoms with Gasteiger partial charge < -0.3 is 25.6 Å². The fraction of sp³-hybridized carbons (Fsp3) is 0.120. The monoisotopic (exact) mass is 469 g/mol. The van der Waals surface area contributed by atoms with E-state index in [1.807, 2.05) is 18.2 Å². The normalized spacial score (nSPS) is 13.1. The molecule has 10 nitrogen and oxygen atoms in total. The fourth-order valence-corrected chi connectivity index (χ4v) is 4.46. The van der Waals surface area contributed by atoms with Crippen LogP contribution in [0.2, 0.25) is 0 Å². The molecule has 10 heteroatoms. The molecular formula is C25H19N5O5. The Kier molecular flexibility index (Phi) is 4.66. The van der Waals surface area contributed by atoms with Gasteiger partial charge in [-0.3, -0.25) is 9.59 Å². The van der Waals surface area contributed by atoms with E-state index in [-0.39, 0.29) is 24.1 Å². The first kappa shape index (κ1) is 20.7. The van der Waals surface area contributed by atoms with E-state index in [9.17, 15) is 14.7 Å². The van der Waals surface area contributed by atoms with Gasteiger partial charge in [-0.05, 0) is 48.7 Å². The van der Waals surface area contributed by atoms with Crippen molar-refractivity contribution in [2.45, 2.75) is 12.8 Å². The molecule has 174 valence electrons. The molecule has 0 saturated carbocycles. The van der Waals surface area contributed by atoms with E-state index in [4.69, 9.17) is 15.2 Å². The number of aromatic hydroxyl groups is 1. The van der Waals surface area contributed by atoms with Crippen molar-refractivity contribution < 1.29 is 24.2 Å². The van der Waals surface area contributed by atoms with Gasteiger partial charge in [0.25, 0.3) is 11.8 Å². The maximum Gasteiger partial charge on any atom is 0.274 e. The number of hydrogen-bond donors (Lipinski definition) is 3. The third-order valence-corrected chi connectivity index (χ3v) is 6.05. The lowest BCUT2D eigenvalue weighted by atomic mass is 9.88. The molecule has 0 unspecified atom stereocenters. The van der Waals surface area contributed by atoms with E-state index in [2.05, 4.69) is 15.4 Å². The molecule has 4 aromatic rings. The SMILES string of the molecule is NC(=O)c1nn(-c2ccc3c(c2)OCO3)c2c1CCc1ccc(NC(=O)c3cccc(O)n3)cc1-2. The molecule has 0 atom stereocenters. The number of fused-ring (bicyclic) bond motifs is 4. The lowest BCUT2D eigenvalue weighted by Gasteiger charge is -2.20. The molecule has 3 heterocycles. The predicted octanol–water partition coefficient (Wildman–Crippen LogP) is 2.82. The number of ether oxygens (including phenoxy) is 2. The summed E-state index contributed by atoms with van der Waals surface area (Å²) in [4.78, 5) is 28.8. The zero-order valence-electron chi connectivity index (χ0n) is 18.3. The number of nitrogens with zero attached hydrogens (tertiary/aromatic N) is 3. The predicted molar refractivity (Wildman–Crippen MR) is 125 cm³/mol. The molecule has 0 bridgehead atoms. The Morgan fingerprint density at radius 2 is 1.89 bits per heavy atom. The van der Waals surface area contributed by atoms with E-state index in [1.165, 1.54) is 12.1 Å². The van der Waals surface area contributed by atoms with Crippen molar-refractivity contribution in [2.24, 2.45) is 5.73 Å². The van der Waals surface area contributed by atoms with Gasteiger partial charge >= 0.3 is 0 Å². The topological polar surface area (TPSA) is 142 Å². The molecule has 35 heavy (non-hydrogen) atoms. The number of primary amides is 1. The Labute approximate surface area is 198 Å². The van der Waals surface area contributed by atoms with Crippen molar-refractivity contribution in [3.8, 4) is 34.3 Å². The van der Waals surface area contributed by atoms with Crippen LogP contribution in [0, 0.1) is 0 Å². The Hall–Kier alpha value is -4.86. The minimum atomic E-state index is -0.608. The third kappa shape index (κ3) is 3.52. The molecule has 0 spiro atoms. The van der Waals surface area contributed by atoms with Crippen molar-refractivity contribution in [3.05, 3.63) is 77.1 Å². The summed E-state index contributed by atoms with van der Waals surface area (Å²) in [5, 5.41) is 17.0. The molecular weight excluding hydrogens is 450 g/mol. The molecule has 2 amide bonds. The number of carbonyl (C=O) groups is 2. The molecule has 4 N–H and O–H groups in total. The van der Waals surface area contributed by atoms with Crippen LogP contribution in [0.25, 0.3) is 16.9 Å². The molecule has 2 aromatic heterocycles. The van der Waals surface area contributed by atoms with E-state index < -0.39 is 11.8 Å². The Morgan fingerprint density at radius 1 is 1.03 bits per heavy atom. The number of anilines is 1. The van der Waals surface area contributed by atoms with Crippen LogP contribution in [0.1, 0.15) is 32.1 Å². The van der Waals surface area contributed by atoms with Crippen LogP contribution < -0.4 is 20.5 Å². The van der Waals surface area contributed by atoms with Crippen LogP contribution in [0.5, 0.6) is 17.4 Å². The largest absolute Gasteiger partial charge is 0.493 e. The number of pyridine rings is 1. The van der Waals surface area contributed by atoms with E-state index in [1.54, 1.807) is 28.9 Å². The quantitative estimate of drug-likeness (QED) is 0.417. The maximum absolute atomic E-state index is 12.7. The molecule has 2 aliphatic rings. The van der Waals surface area contributed by atoms with Crippen LogP contribution in [0.4, 0.5) is 5.69 Å². The Morgan fingerprint density at radius 3 is 2.71 bits per heavy atom. The molecule has 1 aliphatic carbocycles. The highest BCUT2D eigenvalue weighted by Gasteiger charge is 2.29. The van der Waals surface area contributed by atoms with Gasteiger partial charge in [0.1, 0.15) is 5.69 Å². The number of hydrogen-bond acceptors (Lipinski definition) is 7. The van der Waals surface area contributed by atoms with Crippen molar-refractivity contribution >= 4 is 17.5 Å². The zero-order valence-corrected chi connectivity index (χ0v) is 18.3. The van der Waals surface area contributed by atoms with Crippen LogP contribution in [0.15, 0.2) is 54.6 Å². The molecule has 2 aromatic carbocycles. The van der Waals surface area contributed by atoms with Gasteiger partial charge in [0.05, 0.1) is 11.4 Å². The van der Waals surface area contributed by atoms with Crippen molar-refractivity contribution in [1.82, 2.24) is 14.8 Å². The Bertz CT molecular complexity index is 1530. The lowest BCUT2D eigenvalue weighted by Crippen LogP contribution is -2.16. The number of rotatable bonds is 4. The standard InChI is InChI=1S/C25H19N5O5/c26-24(32)22-16-8-5-13-4-6-14(27-25(33)18-2-1-3-21(31)28-18)10-17(13)23(16)30(29-22)15-7-9-19-20(11-15)35-12-34-19/h1-4,6-7,9-11H,5,8,12H2,(H2,26,32)(H,27,33)(H,28,31). The summed E-state index contributed by atoms with van der Waals surface area (Å²) in [6.45, 7) is 0.141. The molecule has 6 rings (SSSR count). The maximum atomic E-state index is 12.7. The number of amides is 2. The van der Waals surface area contributed by atoms with E-state index in [0.717, 1.165) is 22.4 Å². The summed E-state index contributed by atoms with van der Waals surface area (Å²) in [6, 6.07) is 15.5. The summed E-state index contributed by atoms with van der Waals surface area (Å²) < 4.78 is 12.6. The second-order valence-corrected chi connectivity index (χ2v) is 8.20. The second-order valence-electron chi connectivity index (χ2n) is 8.20. The number of aromatic nitrogens is 3. The van der Waals surface area contributed by atoms with Gasteiger partial charge in [0.15, 0.2) is 17.2 Å². The van der Waals surface area contributed by atoms with E-state index in [0.29, 0.717) is 35.7 Å². The van der Waals surface area contributed by atoms with Crippen molar-refractivity contribution in [3.63, 3.8) is 0 Å². The molecule has 1 aliphatic heterocycles. The zero-order chi connectivity index (χ0) is 24.1. The number of nitrogens with two attached hydrogens (primary N) is 1. The third-order valence-electron chi connectivity index (χ3n) is 6.05. The first-order valence-corrected chi connectivity index (χ1v) is 10.9. The highest BCUT2D eigenvalue weighted by molar-refractivity contribution is 6.03. The van der Waals surface area contributed by atoms with Gasteiger partial charge in [-0.15, -0.1) is 0 Å². The summed E-state index contributed by atoms with van der Waals surface area (Å²) in [7, 11) is 0. The van der Waals surface area contributed by atoms with Gasteiger partial charge in [-0.25, -0.2) is 9.67 Å². The summed E-state index contributed by atoms with van der Waals surface area (Å²) in [6.07, 6.45) is 1.29. The molecule has 0 fully saturated rings. The molecule has 0 radical (unpaired) electrons. The van der Waals surface area contributed by atoms with E-state index >= 15 is 0 Å². The Balaban J connectivity index is 1.45. The first-order valence-electron chi connectivity index (χ1n) is 10.9. The van der Waals surface area contributed by atoms with Gasteiger partial charge in [0.2, 0.25) is 12.7 Å². The minimum Gasteiger partial charge on any atom is -0.493 e. The fourth-order valence-electron chi connectivity index (χ4n) is 4.46. The highest BCUT2D eigenvalue weighted by Crippen LogP contribution is 2.40. The van der Waals surface area contributed by atoms with Gasteiger partial charge in [-0.1, -0.05) is 12.1 Å². The van der Waals surface area contributed by atoms with Crippen LogP contribution >= 0.6 is 0 Å². The second kappa shape index (κ2) is 7.87. The van der Waals surface area contributed by atoms with Crippen LogP contribution in [-0.4, -0.2) is 38.5 Å². The van der Waals surface area contributed by atoms with Crippen LogP contribution in [0.3, 0.4) is 0 Å².